The lowest BCUT2D eigenvalue weighted by Crippen LogP contribution is -2.40. The molecule has 0 aromatic carbocycles. The van der Waals surface area contributed by atoms with E-state index < -0.39 is 0 Å². The second kappa shape index (κ2) is 5.51. The Bertz CT molecular complexity index is 647. The molecule has 7 nitrogen and oxygen atoms in total. The molecule has 2 aromatic heterocycles. The molecule has 2 atom stereocenters. The maximum Gasteiger partial charge on any atom is 0.225 e. The van der Waals surface area contributed by atoms with E-state index in [2.05, 4.69) is 0 Å². The van der Waals surface area contributed by atoms with Gasteiger partial charge in [0.25, 0.3) is 0 Å². The summed E-state index contributed by atoms with van der Waals surface area (Å²) < 4.78 is 3.82. The third-order valence-corrected chi connectivity index (χ3v) is 4.42. The van der Waals surface area contributed by atoms with Crippen molar-refractivity contribution in [3.05, 3.63) is 53.3 Å². The minimum Gasteiger partial charge on any atom is -0.418 e. The number of nitrogens with zero attached hydrogens (tertiary/aromatic N) is 4. The van der Waals surface area contributed by atoms with Crippen LogP contribution in [0.15, 0.2) is 36.7 Å². The highest BCUT2D eigenvalue weighted by atomic mass is 16.8. The molecule has 1 aliphatic heterocycles. The molecule has 0 aliphatic carbocycles. The Morgan fingerprint density at radius 2 is 1.50 bits per heavy atom. The first kappa shape index (κ1) is 14.7. The van der Waals surface area contributed by atoms with Crippen molar-refractivity contribution in [3.63, 3.8) is 0 Å². The topological polar surface area (TPSA) is 79.6 Å². The van der Waals surface area contributed by atoms with Gasteiger partial charge in [0, 0.05) is 42.8 Å². The van der Waals surface area contributed by atoms with Crippen LogP contribution in [-0.2, 0) is 14.1 Å². The predicted octanol–water partition coefficient (Wildman–Crippen LogP) is 1.97. The van der Waals surface area contributed by atoms with Gasteiger partial charge in [0.1, 0.15) is 0 Å². The lowest BCUT2D eigenvalue weighted by Gasteiger charge is -2.36. The molecule has 0 bridgehead atoms. The van der Waals surface area contributed by atoms with Crippen LogP contribution < -0.4 is 0 Å². The van der Waals surface area contributed by atoms with Crippen LogP contribution in [0.2, 0.25) is 0 Å². The zero-order chi connectivity index (χ0) is 15.9. The zero-order valence-electron chi connectivity index (χ0n) is 12.6. The van der Waals surface area contributed by atoms with Crippen LogP contribution in [0, 0.1) is 5.21 Å². The van der Waals surface area contributed by atoms with E-state index in [0.717, 1.165) is 11.4 Å². The zero-order valence-corrected chi connectivity index (χ0v) is 12.6. The van der Waals surface area contributed by atoms with Crippen LogP contribution in [0.25, 0.3) is 0 Å². The van der Waals surface area contributed by atoms with Crippen molar-refractivity contribution >= 4 is 5.71 Å². The first-order valence-corrected chi connectivity index (χ1v) is 7.19. The van der Waals surface area contributed by atoms with Crippen molar-refractivity contribution < 1.29 is 15.3 Å². The van der Waals surface area contributed by atoms with Crippen molar-refractivity contribution in [1.29, 1.82) is 0 Å². The number of aryl methyl sites for hydroxylation is 2. The van der Waals surface area contributed by atoms with Gasteiger partial charge in [-0.25, -0.2) is 0 Å². The molecule has 0 amide bonds. The minimum atomic E-state index is -0.382. The number of hydrogen-bond acceptors (Lipinski definition) is 4. The van der Waals surface area contributed by atoms with E-state index in [1.165, 1.54) is 5.06 Å². The summed E-state index contributed by atoms with van der Waals surface area (Å²) in [5, 5.41) is 32.8. The Hall–Kier alpha value is -2.25. The van der Waals surface area contributed by atoms with Crippen LogP contribution in [-0.4, -0.2) is 35.2 Å². The number of aromatic nitrogens is 2. The van der Waals surface area contributed by atoms with Gasteiger partial charge in [0.2, 0.25) is 5.71 Å². The highest BCUT2D eigenvalue weighted by Gasteiger charge is 2.40. The fourth-order valence-corrected chi connectivity index (χ4v) is 3.21. The van der Waals surface area contributed by atoms with Crippen LogP contribution in [0.3, 0.4) is 0 Å². The van der Waals surface area contributed by atoms with Crippen LogP contribution in [0.4, 0.5) is 0 Å². The van der Waals surface area contributed by atoms with E-state index in [4.69, 9.17) is 0 Å². The summed E-state index contributed by atoms with van der Waals surface area (Å²) in [5.41, 5.74) is 2.14. The number of hydrogen-bond donors (Lipinski definition) is 2. The molecular formula is C15H20N4O3. The quantitative estimate of drug-likeness (QED) is 0.505. The average molecular weight is 304 g/mol. The Kier molecular flexibility index (Phi) is 3.67. The average Bonchev–Trinajstić information content (AvgIpc) is 3.08. The van der Waals surface area contributed by atoms with Crippen molar-refractivity contribution in [2.75, 3.05) is 0 Å². The number of piperidine rings is 1. The summed E-state index contributed by atoms with van der Waals surface area (Å²) >= 11 is 0. The molecule has 7 heteroatoms. The van der Waals surface area contributed by atoms with E-state index in [1.54, 1.807) is 0 Å². The molecule has 22 heavy (non-hydrogen) atoms. The molecule has 3 heterocycles. The van der Waals surface area contributed by atoms with E-state index >= 15 is 0 Å². The fourth-order valence-electron chi connectivity index (χ4n) is 3.21. The van der Waals surface area contributed by atoms with E-state index in [-0.39, 0.29) is 29.8 Å². The molecular weight excluding hydrogens is 284 g/mol. The van der Waals surface area contributed by atoms with E-state index in [1.807, 2.05) is 59.9 Å². The first-order valence-electron chi connectivity index (χ1n) is 7.19. The molecule has 2 aromatic rings. The largest absolute Gasteiger partial charge is 0.418 e. The van der Waals surface area contributed by atoms with Gasteiger partial charge < -0.3 is 19.5 Å². The summed E-state index contributed by atoms with van der Waals surface area (Å²) in [6.07, 6.45) is 4.36. The van der Waals surface area contributed by atoms with Gasteiger partial charge in [-0.2, -0.15) is 5.06 Å². The molecule has 3 rings (SSSR count). The van der Waals surface area contributed by atoms with Crippen LogP contribution in [0.1, 0.15) is 36.3 Å². The highest BCUT2D eigenvalue weighted by molar-refractivity contribution is 5.82. The molecule has 1 aliphatic rings. The van der Waals surface area contributed by atoms with Crippen molar-refractivity contribution in [3.8, 4) is 0 Å². The summed E-state index contributed by atoms with van der Waals surface area (Å²) in [6, 6.07) is 6.84. The molecule has 0 unspecified atom stereocenters. The smallest absolute Gasteiger partial charge is 0.225 e. The Labute approximate surface area is 128 Å². The number of rotatable bonds is 2. The van der Waals surface area contributed by atoms with Gasteiger partial charge >= 0.3 is 0 Å². The van der Waals surface area contributed by atoms with Crippen LogP contribution >= 0.6 is 0 Å². The van der Waals surface area contributed by atoms with Gasteiger partial charge in [-0.3, -0.25) is 5.21 Å². The molecule has 2 N–H and O–H groups in total. The fraction of sp³-hybridized carbons (Fsp3) is 0.400. The highest BCUT2D eigenvalue weighted by Crippen LogP contribution is 2.38. The Morgan fingerprint density at radius 1 is 1.05 bits per heavy atom. The monoisotopic (exact) mass is 304 g/mol. The summed E-state index contributed by atoms with van der Waals surface area (Å²) in [6.45, 7) is 0. The standard InChI is InChI=1S/C15H20N4O3/c1-16-7-3-5-12(16)14-9-11(19(21)22)10-15(18(14)20)13-6-4-8-17(13)2/h3-8,14-15,20H,9-10H2,1-2H3,(H,21,22)/t14-,15-/m1/s1. The van der Waals surface area contributed by atoms with Crippen molar-refractivity contribution in [2.45, 2.75) is 24.9 Å². The minimum absolute atomic E-state index is 0.0567. The first-order chi connectivity index (χ1) is 10.5. The normalized spacial score (nSPS) is 23.0. The Morgan fingerprint density at radius 3 is 1.82 bits per heavy atom. The third-order valence-electron chi connectivity index (χ3n) is 4.42. The SMILES string of the molecule is Cn1cccc1[C@H]1CC(=[N+]([O-])O)C[C@H](c2cccn2C)N1O. The molecule has 1 fully saturated rings. The van der Waals surface area contributed by atoms with Gasteiger partial charge in [-0.05, 0) is 24.3 Å². The number of hydroxylamine groups is 2. The second-order valence-corrected chi connectivity index (χ2v) is 5.75. The second-order valence-electron chi connectivity index (χ2n) is 5.75. The Balaban J connectivity index is 2.03. The van der Waals surface area contributed by atoms with E-state index in [9.17, 15) is 15.6 Å². The van der Waals surface area contributed by atoms with Gasteiger partial charge in [0.15, 0.2) is 0 Å². The van der Waals surface area contributed by atoms with Gasteiger partial charge in [-0.15, -0.1) is 0 Å². The maximum atomic E-state index is 11.4. The molecule has 118 valence electrons. The van der Waals surface area contributed by atoms with Gasteiger partial charge in [0.05, 0.1) is 24.9 Å². The third kappa shape index (κ3) is 2.38. The summed E-state index contributed by atoms with van der Waals surface area (Å²) in [5.74, 6) is 0. The van der Waals surface area contributed by atoms with Crippen LogP contribution in [0.5, 0.6) is 0 Å². The van der Waals surface area contributed by atoms with Crippen molar-refractivity contribution in [2.24, 2.45) is 14.1 Å². The van der Waals surface area contributed by atoms with Gasteiger partial charge in [-0.1, -0.05) is 0 Å². The molecule has 0 radical (unpaired) electrons. The summed E-state index contributed by atoms with van der Waals surface area (Å²) in [4.78, 5) is -0.0567. The van der Waals surface area contributed by atoms with E-state index in [0.29, 0.717) is 5.71 Å². The predicted molar refractivity (Wildman–Crippen MR) is 79.6 cm³/mol. The molecule has 0 spiro atoms. The van der Waals surface area contributed by atoms with Crippen molar-refractivity contribution in [1.82, 2.24) is 14.2 Å². The maximum absolute atomic E-state index is 11.4. The summed E-state index contributed by atoms with van der Waals surface area (Å²) in [7, 11) is 3.78. The molecule has 0 saturated carbocycles. The molecule has 1 saturated heterocycles. The lowest BCUT2D eigenvalue weighted by atomic mass is 9.92. The lowest BCUT2D eigenvalue weighted by molar-refractivity contribution is -0.728.